The van der Waals surface area contributed by atoms with E-state index in [1.807, 2.05) is 43.3 Å². The van der Waals surface area contributed by atoms with Gasteiger partial charge in [0.25, 0.3) is 0 Å². The fourth-order valence-electron chi connectivity index (χ4n) is 1.78. The third-order valence-electron chi connectivity index (χ3n) is 2.85. The van der Waals surface area contributed by atoms with Crippen molar-refractivity contribution in [2.75, 3.05) is 0 Å². The number of nitrogens with zero attached hydrogens (tertiary/aromatic N) is 1. The second kappa shape index (κ2) is 6.42. The lowest BCUT2D eigenvalue weighted by atomic mass is 10.1. The van der Waals surface area contributed by atoms with E-state index in [0.717, 1.165) is 16.9 Å². The molecule has 2 rings (SSSR count). The van der Waals surface area contributed by atoms with E-state index >= 15 is 0 Å². The topological polar surface area (TPSA) is 49.8 Å². The normalized spacial score (nSPS) is 11.8. The van der Waals surface area contributed by atoms with Crippen LogP contribution in [0.5, 0.6) is 0 Å². The molecule has 0 radical (unpaired) electrons. The van der Waals surface area contributed by atoms with Gasteiger partial charge in [-0.25, -0.2) is 0 Å². The predicted octanol–water partition coefficient (Wildman–Crippen LogP) is 3.87. The van der Waals surface area contributed by atoms with Crippen molar-refractivity contribution in [1.29, 1.82) is 5.26 Å². The quantitative estimate of drug-likeness (QED) is 0.856. The first-order chi connectivity index (χ1) is 9.19. The summed E-state index contributed by atoms with van der Waals surface area (Å²) >= 11 is 1.76. The van der Waals surface area contributed by atoms with Crippen LogP contribution in [0, 0.1) is 11.3 Å². The van der Waals surface area contributed by atoms with Gasteiger partial charge in [0, 0.05) is 16.7 Å². The van der Waals surface area contributed by atoms with Crippen LogP contribution in [-0.2, 0) is 5.75 Å². The van der Waals surface area contributed by atoms with Gasteiger partial charge in [0.2, 0.25) is 0 Å². The van der Waals surface area contributed by atoms with E-state index < -0.39 is 0 Å². The van der Waals surface area contributed by atoms with Crippen LogP contribution >= 0.6 is 11.8 Å². The van der Waals surface area contributed by atoms with Crippen molar-refractivity contribution in [3.05, 3.63) is 65.2 Å². The largest absolute Gasteiger partial charge is 0.324 e. The van der Waals surface area contributed by atoms with Gasteiger partial charge in [0.05, 0.1) is 11.6 Å². The standard InChI is InChI=1S/C16H16N2S/c1-12(18)15-6-3-7-16(9-15)19-11-14-5-2-4-13(8-14)10-17/h2-9,12H,11,18H2,1H3. The minimum atomic E-state index is 0.0578. The van der Waals surface area contributed by atoms with Gasteiger partial charge in [-0.15, -0.1) is 11.8 Å². The molecule has 0 amide bonds. The predicted molar refractivity (Wildman–Crippen MR) is 79.8 cm³/mol. The molecule has 0 saturated heterocycles. The van der Waals surface area contributed by atoms with Crippen molar-refractivity contribution < 1.29 is 0 Å². The lowest BCUT2D eigenvalue weighted by Gasteiger charge is -2.08. The van der Waals surface area contributed by atoms with Gasteiger partial charge in [-0.3, -0.25) is 0 Å². The molecule has 3 heteroatoms. The molecule has 1 unspecified atom stereocenters. The summed E-state index contributed by atoms with van der Waals surface area (Å²) in [5.41, 5.74) is 8.90. The molecule has 2 nitrogen and oxygen atoms in total. The molecule has 0 aromatic heterocycles. The first-order valence-electron chi connectivity index (χ1n) is 6.16. The van der Waals surface area contributed by atoms with Crippen LogP contribution in [0.2, 0.25) is 0 Å². The molecule has 19 heavy (non-hydrogen) atoms. The maximum absolute atomic E-state index is 8.87. The zero-order valence-electron chi connectivity index (χ0n) is 10.8. The highest BCUT2D eigenvalue weighted by atomic mass is 32.2. The average molecular weight is 268 g/mol. The van der Waals surface area contributed by atoms with Crippen LogP contribution in [-0.4, -0.2) is 0 Å². The zero-order valence-corrected chi connectivity index (χ0v) is 11.7. The second-order valence-electron chi connectivity index (χ2n) is 4.46. The summed E-state index contributed by atoms with van der Waals surface area (Å²) < 4.78 is 0. The SMILES string of the molecule is CC(N)c1cccc(SCc2cccc(C#N)c2)c1. The van der Waals surface area contributed by atoms with Gasteiger partial charge >= 0.3 is 0 Å². The molecular formula is C16H16N2S. The van der Waals surface area contributed by atoms with Crippen molar-refractivity contribution in [1.82, 2.24) is 0 Å². The van der Waals surface area contributed by atoms with Crippen molar-refractivity contribution in [3.63, 3.8) is 0 Å². The maximum Gasteiger partial charge on any atom is 0.0991 e. The number of benzene rings is 2. The zero-order chi connectivity index (χ0) is 13.7. The Balaban J connectivity index is 2.06. The van der Waals surface area contributed by atoms with Crippen molar-refractivity contribution >= 4 is 11.8 Å². The van der Waals surface area contributed by atoms with Crippen LogP contribution in [0.1, 0.15) is 29.7 Å². The summed E-state index contributed by atoms with van der Waals surface area (Å²) in [5.74, 6) is 0.859. The third kappa shape index (κ3) is 3.85. The Hall–Kier alpha value is -1.76. The number of nitriles is 1. The van der Waals surface area contributed by atoms with Crippen molar-refractivity contribution in [2.24, 2.45) is 5.73 Å². The van der Waals surface area contributed by atoms with Crippen LogP contribution in [0.3, 0.4) is 0 Å². The highest BCUT2D eigenvalue weighted by Gasteiger charge is 2.02. The number of thioether (sulfide) groups is 1. The molecule has 96 valence electrons. The van der Waals surface area contributed by atoms with Gasteiger partial charge in [0.1, 0.15) is 0 Å². The third-order valence-corrected chi connectivity index (χ3v) is 3.91. The molecule has 0 heterocycles. The van der Waals surface area contributed by atoms with E-state index in [4.69, 9.17) is 11.0 Å². The Morgan fingerprint density at radius 2 is 2.00 bits per heavy atom. The van der Waals surface area contributed by atoms with Gasteiger partial charge in [-0.05, 0) is 42.3 Å². The number of nitrogens with two attached hydrogens (primary N) is 1. The van der Waals surface area contributed by atoms with Gasteiger partial charge < -0.3 is 5.73 Å². The first kappa shape index (κ1) is 13.7. The molecule has 0 spiro atoms. The van der Waals surface area contributed by atoms with E-state index in [0.29, 0.717) is 5.56 Å². The van der Waals surface area contributed by atoms with E-state index in [2.05, 4.69) is 18.2 Å². The lowest BCUT2D eigenvalue weighted by molar-refractivity contribution is 0.815. The Bertz CT molecular complexity index is 600. The van der Waals surface area contributed by atoms with Crippen LogP contribution in [0.4, 0.5) is 0 Å². The van der Waals surface area contributed by atoms with E-state index in [-0.39, 0.29) is 6.04 Å². The minimum absolute atomic E-state index is 0.0578. The maximum atomic E-state index is 8.87. The van der Waals surface area contributed by atoms with Crippen LogP contribution in [0.15, 0.2) is 53.4 Å². The smallest absolute Gasteiger partial charge is 0.0991 e. The van der Waals surface area contributed by atoms with E-state index in [1.165, 1.54) is 4.90 Å². The monoisotopic (exact) mass is 268 g/mol. The molecule has 0 aliphatic carbocycles. The number of hydrogen-bond acceptors (Lipinski definition) is 3. The van der Waals surface area contributed by atoms with E-state index in [9.17, 15) is 0 Å². The summed E-state index contributed by atoms with van der Waals surface area (Å²) in [6, 6.07) is 18.2. The van der Waals surface area contributed by atoms with Gasteiger partial charge in [0.15, 0.2) is 0 Å². The van der Waals surface area contributed by atoms with Gasteiger partial charge in [-0.2, -0.15) is 5.26 Å². The Morgan fingerprint density at radius 3 is 2.74 bits per heavy atom. The summed E-state index contributed by atoms with van der Waals surface area (Å²) in [4.78, 5) is 1.21. The molecule has 2 N–H and O–H groups in total. The summed E-state index contributed by atoms with van der Waals surface area (Å²) in [7, 11) is 0. The summed E-state index contributed by atoms with van der Waals surface area (Å²) in [6.07, 6.45) is 0. The molecule has 0 fully saturated rings. The highest BCUT2D eigenvalue weighted by molar-refractivity contribution is 7.98. The highest BCUT2D eigenvalue weighted by Crippen LogP contribution is 2.25. The molecule has 2 aromatic rings. The first-order valence-corrected chi connectivity index (χ1v) is 7.15. The number of rotatable bonds is 4. The van der Waals surface area contributed by atoms with Crippen molar-refractivity contribution in [3.8, 4) is 6.07 Å². The summed E-state index contributed by atoms with van der Waals surface area (Å²) in [6.45, 7) is 1.99. The average Bonchev–Trinajstić information content (AvgIpc) is 2.45. The Kier molecular flexibility index (Phi) is 4.62. The van der Waals surface area contributed by atoms with Crippen LogP contribution < -0.4 is 5.73 Å². The number of hydrogen-bond donors (Lipinski definition) is 1. The Morgan fingerprint density at radius 1 is 1.21 bits per heavy atom. The molecule has 0 bridgehead atoms. The fraction of sp³-hybridized carbons (Fsp3) is 0.188. The van der Waals surface area contributed by atoms with Gasteiger partial charge in [-0.1, -0.05) is 24.3 Å². The lowest BCUT2D eigenvalue weighted by Crippen LogP contribution is -2.04. The molecule has 0 aliphatic heterocycles. The van der Waals surface area contributed by atoms with Crippen LogP contribution in [0.25, 0.3) is 0 Å². The Labute approximate surface area is 118 Å². The molecule has 1 atom stereocenters. The minimum Gasteiger partial charge on any atom is -0.324 e. The molecule has 0 aliphatic rings. The summed E-state index contributed by atoms with van der Waals surface area (Å²) in [5, 5.41) is 8.87. The van der Waals surface area contributed by atoms with E-state index in [1.54, 1.807) is 11.8 Å². The second-order valence-corrected chi connectivity index (χ2v) is 5.51. The van der Waals surface area contributed by atoms with Crippen molar-refractivity contribution in [2.45, 2.75) is 23.6 Å². The molecular weight excluding hydrogens is 252 g/mol. The fourth-order valence-corrected chi connectivity index (χ4v) is 2.69. The molecule has 0 saturated carbocycles. The molecule has 2 aromatic carbocycles.